The van der Waals surface area contributed by atoms with Crippen LogP contribution in [0.5, 0.6) is 0 Å². The van der Waals surface area contributed by atoms with E-state index in [1.165, 1.54) is 0 Å². The van der Waals surface area contributed by atoms with Crippen molar-refractivity contribution in [2.75, 3.05) is 0 Å². The zero-order chi connectivity index (χ0) is 7.28. The molecule has 0 saturated carbocycles. The molecule has 0 fully saturated rings. The average Bonchev–Trinajstić information content (AvgIpc) is 1.87. The molecule has 0 saturated heterocycles. The van der Waals surface area contributed by atoms with Crippen LogP contribution in [0.4, 0.5) is 0 Å². The van der Waals surface area contributed by atoms with Crippen LogP contribution in [0.25, 0.3) is 0 Å². The van der Waals surface area contributed by atoms with Crippen molar-refractivity contribution >= 4 is 39.5 Å². The van der Waals surface area contributed by atoms with Crippen LogP contribution >= 0.6 is 0 Å². The van der Waals surface area contributed by atoms with Crippen molar-refractivity contribution in [3.05, 3.63) is 0 Å². The first kappa shape index (κ1) is 14.0. The Morgan fingerprint density at radius 3 is 1.50 bits per heavy atom. The summed E-state index contributed by atoms with van der Waals surface area (Å²) in [5.41, 5.74) is 0. The van der Waals surface area contributed by atoms with E-state index >= 15 is 0 Å². The zero-order valence-corrected chi connectivity index (χ0v) is 15.3. The molecule has 2 unspecified atom stereocenters. The van der Waals surface area contributed by atoms with Crippen LogP contribution in [-0.4, -0.2) is 39.5 Å². The molecule has 2 atom stereocenters. The molecule has 0 aromatic rings. The minimum Gasteiger partial charge on any atom is -0.447 e. The normalized spacial score (nSPS) is 16.2. The fourth-order valence-electron chi connectivity index (χ4n) is 0.381. The van der Waals surface area contributed by atoms with Crippen molar-refractivity contribution < 1.29 is 33.4 Å². The van der Waals surface area contributed by atoms with Crippen LogP contribution in [0, 0.1) is 0 Å². The molecule has 0 bridgehead atoms. The first-order valence-electron chi connectivity index (χ1n) is 2.91. The van der Waals surface area contributed by atoms with Gasteiger partial charge < -0.3 is 12.3 Å². The van der Waals surface area contributed by atoms with E-state index in [1.807, 2.05) is 13.1 Å². The Morgan fingerprint density at radius 1 is 1.00 bits per heavy atom. The van der Waals surface area contributed by atoms with Crippen molar-refractivity contribution in [1.82, 2.24) is 0 Å². The second-order valence-corrected chi connectivity index (χ2v) is 8.87. The molecule has 3 nitrogen and oxygen atoms in total. The van der Waals surface area contributed by atoms with Crippen LogP contribution < -0.4 is 0 Å². The van der Waals surface area contributed by atoms with Gasteiger partial charge in [-0.1, -0.05) is 0 Å². The summed E-state index contributed by atoms with van der Waals surface area (Å²) < 4.78 is 15.7. The summed E-state index contributed by atoms with van der Waals surface area (Å²) in [4.78, 5) is 0. The Balaban J connectivity index is 0. The fraction of sp³-hybridized carbons (Fsp3) is 1.00. The van der Waals surface area contributed by atoms with E-state index in [-0.39, 0.29) is 21.1 Å². The number of rotatable bonds is 4. The van der Waals surface area contributed by atoms with Gasteiger partial charge in [0.05, 0.1) is 0 Å². The quantitative estimate of drug-likeness (QED) is 0.487. The van der Waals surface area contributed by atoms with Gasteiger partial charge >= 0.3 is 0 Å². The van der Waals surface area contributed by atoms with Crippen molar-refractivity contribution in [2.24, 2.45) is 0 Å². The van der Waals surface area contributed by atoms with E-state index in [9.17, 15) is 0 Å². The van der Waals surface area contributed by atoms with E-state index < -0.39 is 18.6 Å². The molecule has 0 heterocycles. The third-order valence-electron chi connectivity index (χ3n) is 1.05. The summed E-state index contributed by atoms with van der Waals surface area (Å²) in [5.74, 6) is 0. The summed E-state index contributed by atoms with van der Waals surface area (Å²) in [6, 6.07) is 0. The predicted octanol–water partition coefficient (Wildman–Crippen LogP) is -2.70. The topological polar surface area (TPSA) is 27.7 Å². The minimum absolute atomic E-state index is 0. The molecule has 0 aromatic carbocycles. The van der Waals surface area contributed by atoms with Crippen molar-refractivity contribution in [3.63, 3.8) is 0 Å². The molecule has 0 aliphatic carbocycles. The Morgan fingerprint density at radius 2 is 1.30 bits per heavy atom. The van der Waals surface area contributed by atoms with Gasteiger partial charge in [-0.2, -0.15) is 0 Å². The maximum atomic E-state index is 5.45. The van der Waals surface area contributed by atoms with Crippen LogP contribution in [0.3, 0.4) is 0 Å². The molecule has 0 N–H and O–H groups in total. The van der Waals surface area contributed by atoms with Crippen LogP contribution in [0.15, 0.2) is 0 Å². The molecule has 0 radical (unpaired) electrons. The van der Waals surface area contributed by atoms with Gasteiger partial charge in [0.15, 0.2) is 0 Å². The first-order chi connectivity index (χ1) is 4.20. The van der Waals surface area contributed by atoms with E-state index in [1.54, 1.807) is 0 Å². The van der Waals surface area contributed by atoms with Gasteiger partial charge in [-0.25, -0.2) is 0 Å². The Bertz CT molecular complexity index is 67.5. The van der Waals surface area contributed by atoms with E-state index in [0.29, 0.717) is 0 Å². The van der Waals surface area contributed by atoms with Crippen LogP contribution in [-0.2, 0) is 33.4 Å². The maximum absolute atomic E-state index is 5.45. The number of hydrogen-bond acceptors (Lipinski definition) is 3. The summed E-state index contributed by atoms with van der Waals surface area (Å²) in [7, 11) is -0.881. The molecule has 0 amide bonds. The predicted molar refractivity (Wildman–Crippen MR) is 49.2 cm³/mol. The molecular formula is C2H14O3PtSi4. The molecule has 0 aliphatic rings. The van der Waals surface area contributed by atoms with Gasteiger partial charge in [-0.3, -0.25) is 0 Å². The molecule has 66 valence electrons. The Hall–Kier alpha value is 1.44. The maximum Gasteiger partial charge on any atom is 0.298 e. The number of hydrogen-bond donors (Lipinski definition) is 0. The Labute approximate surface area is 85.9 Å². The van der Waals surface area contributed by atoms with Crippen molar-refractivity contribution in [3.8, 4) is 0 Å². The molecule has 0 rings (SSSR count). The van der Waals surface area contributed by atoms with E-state index in [4.69, 9.17) is 12.3 Å². The monoisotopic (exact) mass is 393 g/mol. The summed E-state index contributed by atoms with van der Waals surface area (Å²) in [5, 5.41) is 0. The average molecular weight is 394 g/mol. The SMILES string of the molecule is C[SiH](O[SiH3])O[SiH](C)O[SiH3].[Pt]. The smallest absolute Gasteiger partial charge is 0.298 e. The summed E-state index contributed by atoms with van der Waals surface area (Å²) in [6.07, 6.45) is 0. The minimum atomic E-state index is -1.24. The van der Waals surface area contributed by atoms with Gasteiger partial charge in [-0.05, 0) is 13.1 Å². The second kappa shape index (κ2) is 8.53. The van der Waals surface area contributed by atoms with Crippen LogP contribution in [0.2, 0.25) is 13.1 Å². The molecule has 0 aromatic heterocycles. The zero-order valence-electron chi connectivity index (χ0n) is 6.70. The van der Waals surface area contributed by atoms with Crippen LogP contribution in [0.1, 0.15) is 0 Å². The summed E-state index contributed by atoms with van der Waals surface area (Å²) in [6.45, 7) is 4.08. The van der Waals surface area contributed by atoms with Gasteiger partial charge in [0.2, 0.25) is 0 Å². The summed E-state index contributed by atoms with van der Waals surface area (Å²) >= 11 is 0. The standard InChI is InChI=1S/C2H14O3Si4.Pt/c1-8(3-6)5-9(2)4-7;/h8-9H,1-2,6-7H3;. The Kier molecular flexibility index (Phi) is 11.9. The molecule has 0 aliphatic heterocycles. The van der Waals surface area contributed by atoms with Gasteiger partial charge in [0.1, 0.15) is 21.0 Å². The molecule has 0 spiro atoms. The molecule has 10 heavy (non-hydrogen) atoms. The van der Waals surface area contributed by atoms with Crippen molar-refractivity contribution in [2.45, 2.75) is 13.1 Å². The van der Waals surface area contributed by atoms with Gasteiger partial charge in [0, 0.05) is 21.1 Å². The first-order valence-corrected chi connectivity index (χ1v) is 8.74. The third-order valence-corrected chi connectivity index (χ3v) is 9.42. The second-order valence-electron chi connectivity index (χ2n) is 1.74. The largest absolute Gasteiger partial charge is 0.447 e. The van der Waals surface area contributed by atoms with E-state index in [2.05, 4.69) is 0 Å². The third kappa shape index (κ3) is 7.54. The fourth-order valence-corrected chi connectivity index (χ4v) is 5.43. The molecular weight excluding hydrogens is 379 g/mol. The van der Waals surface area contributed by atoms with E-state index in [0.717, 1.165) is 21.0 Å². The van der Waals surface area contributed by atoms with Gasteiger partial charge in [0.25, 0.3) is 18.6 Å². The van der Waals surface area contributed by atoms with Gasteiger partial charge in [-0.15, -0.1) is 0 Å². The van der Waals surface area contributed by atoms with Crippen molar-refractivity contribution in [1.29, 1.82) is 0 Å². The molecule has 8 heteroatoms.